The number of ether oxygens (including phenoxy) is 1. The second-order valence-electron chi connectivity index (χ2n) is 7.02. The van der Waals surface area contributed by atoms with E-state index in [9.17, 15) is 20.1 Å². The van der Waals surface area contributed by atoms with Crippen molar-refractivity contribution in [2.24, 2.45) is 5.92 Å². The normalized spacial score (nSPS) is 18.0. The second kappa shape index (κ2) is 7.22. The van der Waals surface area contributed by atoms with Crippen molar-refractivity contribution < 1.29 is 24.9 Å². The summed E-state index contributed by atoms with van der Waals surface area (Å²) in [5.41, 5.74) is 2.48. The van der Waals surface area contributed by atoms with Gasteiger partial charge in [-0.1, -0.05) is 35.4 Å². The van der Waals surface area contributed by atoms with Gasteiger partial charge in [-0.3, -0.25) is 4.79 Å². The number of fused-ring (bicyclic) bond motifs is 1. The first-order valence-electron chi connectivity index (χ1n) is 8.58. The number of phenolic OH excluding ortho intramolecular Hbond substituents is 3. The Bertz CT molecular complexity index is 1010. The summed E-state index contributed by atoms with van der Waals surface area (Å²) in [6.45, 7) is 7.51. The maximum absolute atomic E-state index is 11.8. The molecular weight excluding hydrogens is 403 g/mol. The molecule has 0 unspecified atom stereocenters. The largest absolute Gasteiger partial charge is 0.508 e. The molecule has 1 aliphatic rings. The summed E-state index contributed by atoms with van der Waals surface area (Å²) >= 11 is 12.7. The topological polar surface area (TPSA) is 87.0 Å². The minimum Gasteiger partial charge on any atom is -0.508 e. The average Bonchev–Trinajstić information content (AvgIpc) is 3.04. The zero-order chi connectivity index (χ0) is 20.9. The van der Waals surface area contributed by atoms with Crippen LogP contribution in [0.4, 0.5) is 0 Å². The molecule has 7 heteroatoms. The Labute approximate surface area is 172 Å². The summed E-state index contributed by atoms with van der Waals surface area (Å²) in [5.74, 6) is -1.39. The third kappa shape index (κ3) is 2.81. The van der Waals surface area contributed by atoms with Gasteiger partial charge >= 0.3 is 0 Å². The van der Waals surface area contributed by atoms with Gasteiger partial charge in [0.05, 0.1) is 22.7 Å². The van der Waals surface area contributed by atoms with Crippen molar-refractivity contribution in [3.05, 3.63) is 56.1 Å². The minimum absolute atomic E-state index is 0.0378. The lowest BCUT2D eigenvalue weighted by Gasteiger charge is -2.27. The number of aromatic hydroxyl groups is 3. The van der Waals surface area contributed by atoms with Crippen molar-refractivity contribution in [3.8, 4) is 23.0 Å². The number of allylic oxidation sites excluding steroid dienone is 1. The van der Waals surface area contributed by atoms with Gasteiger partial charge in [-0.15, -0.1) is 0 Å². The molecule has 0 radical (unpaired) electrons. The number of phenols is 3. The van der Waals surface area contributed by atoms with Crippen LogP contribution in [-0.4, -0.2) is 28.7 Å². The molecule has 3 N–H and O–H groups in total. The Balaban J connectivity index is 2.47. The molecule has 28 heavy (non-hydrogen) atoms. The highest BCUT2D eigenvalue weighted by atomic mass is 35.5. The number of carbonyl (C=O) groups is 1. The highest BCUT2D eigenvalue weighted by Crippen LogP contribution is 2.57. The van der Waals surface area contributed by atoms with E-state index in [-0.39, 0.29) is 44.5 Å². The standard InChI is InChI=1S/C21H20Cl2O5/c1-8(2)10-5-11-13(25)6-14(26)12(7-24)15(11)16(10)17-20(27)18(22)9(3)19(23)21(17)28-4/h6-7,10,16,25-27H,1,5H2,2-4H3/t10-,16-/m0/s1. The van der Waals surface area contributed by atoms with Crippen LogP contribution in [0.25, 0.3) is 0 Å². The van der Waals surface area contributed by atoms with Crippen molar-refractivity contribution >= 4 is 29.5 Å². The molecule has 0 spiro atoms. The zero-order valence-electron chi connectivity index (χ0n) is 15.6. The van der Waals surface area contributed by atoms with Crippen molar-refractivity contribution in [3.63, 3.8) is 0 Å². The molecule has 148 valence electrons. The fourth-order valence-corrected chi connectivity index (χ4v) is 4.56. The first-order chi connectivity index (χ1) is 13.1. The van der Waals surface area contributed by atoms with E-state index in [1.807, 2.05) is 6.92 Å². The van der Waals surface area contributed by atoms with Crippen LogP contribution in [0, 0.1) is 12.8 Å². The molecule has 3 rings (SSSR count). The van der Waals surface area contributed by atoms with Gasteiger partial charge in [0.1, 0.15) is 23.0 Å². The van der Waals surface area contributed by atoms with Gasteiger partial charge in [0.2, 0.25) is 0 Å². The van der Waals surface area contributed by atoms with E-state index in [0.29, 0.717) is 35.0 Å². The SMILES string of the molecule is C=C(C)[C@@H]1Cc2c(O)cc(O)c(C=O)c2[C@H]1c1c(O)c(Cl)c(C)c(Cl)c1OC. The van der Waals surface area contributed by atoms with Crippen LogP contribution in [-0.2, 0) is 6.42 Å². The lowest BCUT2D eigenvalue weighted by molar-refractivity contribution is 0.111. The van der Waals surface area contributed by atoms with Crippen LogP contribution in [0.5, 0.6) is 23.0 Å². The van der Waals surface area contributed by atoms with Crippen LogP contribution in [0.15, 0.2) is 18.2 Å². The second-order valence-corrected chi connectivity index (χ2v) is 7.78. The zero-order valence-corrected chi connectivity index (χ0v) is 17.1. The molecule has 0 aliphatic heterocycles. The first-order valence-corrected chi connectivity index (χ1v) is 9.33. The fraction of sp³-hybridized carbons (Fsp3) is 0.286. The number of halogens is 2. The van der Waals surface area contributed by atoms with Gasteiger partial charge in [0.15, 0.2) is 6.29 Å². The highest BCUT2D eigenvalue weighted by Gasteiger charge is 2.42. The predicted octanol–water partition coefficient (Wildman–Crippen LogP) is 5.12. The molecule has 2 atom stereocenters. The summed E-state index contributed by atoms with van der Waals surface area (Å²) < 4.78 is 5.49. The third-order valence-electron chi connectivity index (χ3n) is 5.44. The summed E-state index contributed by atoms with van der Waals surface area (Å²) in [7, 11) is 1.42. The predicted molar refractivity (Wildman–Crippen MR) is 108 cm³/mol. The van der Waals surface area contributed by atoms with E-state index in [0.717, 1.165) is 11.6 Å². The maximum Gasteiger partial charge on any atom is 0.154 e. The summed E-state index contributed by atoms with van der Waals surface area (Å²) in [4.78, 5) is 11.8. The number of methoxy groups -OCH3 is 1. The van der Waals surface area contributed by atoms with Crippen LogP contribution in [0.1, 0.15) is 45.5 Å². The van der Waals surface area contributed by atoms with Crippen LogP contribution < -0.4 is 4.74 Å². The third-order valence-corrected chi connectivity index (χ3v) is 6.36. The Hall–Kier alpha value is -2.37. The van der Waals surface area contributed by atoms with Crippen molar-refractivity contribution in [1.82, 2.24) is 0 Å². The fourth-order valence-electron chi connectivity index (χ4n) is 4.05. The number of aldehydes is 1. The molecular formula is C21H20Cl2O5. The van der Waals surface area contributed by atoms with Crippen LogP contribution in [0.2, 0.25) is 10.0 Å². The van der Waals surface area contributed by atoms with Crippen molar-refractivity contribution in [1.29, 1.82) is 0 Å². The van der Waals surface area contributed by atoms with E-state index in [4.69, 9.17) is 27.9 Å². The van der Waals surface area contributed by atoms with Gasteiger partial charge < -0.3 is 20.1 Å². The molecule has 2 aromatic rings. The van der Waals surface area contributed by atoms with Crippen LogP contribution in [0.3, 0.4) is 0 Å². The highest BCUT2D eigenvalue weighted by molar-refractivity contribution is 6.38. The molecule has 0 saturated heterocycles. The summed E-state index contributed by atoms with van der Waals surface area (Å²) in [5, 5.41) is 31.8. The van der Waals surface area contributed by atoms with Gasteiger partial charge in [-0.25, -0.2) is 0 Å². The number of carbonyl (C=O) groups excluding carboxylic acids is 1. The van der Waals surface area contributed by atoms with Gasteiger partial charge in [0, 0.05) is 17.5 Å². The minimum atomic E-state index is -0.642. The van der Waals surface area contributed by atoms with Gasteiger partial charge in [-0.05, 0) is 42.9 Å². The molecule has 0 bridgehead atoms. The molecule has 0 aromatic heterocycles. The number of hydrogen-bond donors (Lipinski definition) is 3. The molecule has 0 saturated carbocycles. The van der Waals surface area contributed by atoms with Crippen molar-refractivity contribution in [2.45, 2.75) is 26.2 Å². The van der Waals surface area contributed by atoms with E-state index >= 15 is 0 Å². The molecule has 0 heterocycles. The van der Waals surface area contributed by atoms with Gasteiger partial charge in [0.25, 0.3) is 0 Å². The van der Waals surface area contributed by atoms with Gasteiger partial charge in [-0.2, -0.15) is 0 Å². The Morgan fingerprint density at radius 1 is 1.21 bits per heavy atom. The van der Waals surface area contributed by atoms with E-state index < -0.39 is 5.92 Å². The summed E-state index contributed by atoms with van der Waals surface area (Å²) in [6.07, 6.45) is 0.899. The Morgan fingerprint density at radius 2 is 1.86 bits per heavy atom. The van der Waals surface area contributed by atoms with E-state index in [2.05, 4.69) is 6.58 Å². The Morgan fingerprint density at radius 3 is 2.39 bits per heavy atom. The number of rotatable bonds is 4. The molecule has 0 fully saturated rings. The quantitative estimate of drug-likeness (QED) is 0.470. The lowest BCUT2D eigenvalue weighted by atomic mass is 9.80. The molecule has 0 amide bonds. The number of hydrogen-bond acceptors (Lipinski definition) is 5. The summed E-state index contributed by atoms with van der Waals surface area (Å²) in [6, 6.07) is 1.15. The van der Waals surface area contributed by atoms with E-state index in [1.54, 1.807) is 6.92 Å². The van der Waals surface area contributed by atoms with E-state index in [1.165, 1.54) is 7.11 Å². The number of benzene rings is 2. The molecule has 5 nitrogen and oxygen atoms in total. The Kier molecular flexibility index (Phi) is 5.26. The molecule has 2 aromatic carbocycles. The first kappa shape index (κ1) is 20.4. The lowest BCUT2D eigenvalue weighted by Crippen LogP contribution is -2.14. The van der Waals surface area contributed by atoms with Crippen molar-refractivity contribution in [2.75, 3.05) is 7.11 Å². The monoisotopic (exact) mass is 422 g/mol. The maximum atomic E-state index is 11.8. The average molecular weight is 423 g/mol. The molecule has 1 aliphatic carbocycles. The van der Waals surface area contributed by atoms with Crippen LogP contribution >= 0.6 is 23.2 Å². The smallest absolute Gasteiger partial charge is 0.154 e.